The van der Waals surface area contributed by atoms with Crippen LogP contribution in [-0.4, -0.2) is 17.1 Å². The minimum absolute atomic E-state index is 0.0468. The summed E-state index contributed by atoms with van der Waals surface area (Å²) in [5, 5.41) is 8.55. The molecular formula is C9H19NO2. The van der Waals surface area contributed by atoms with E-state index >= 15 is 0 Å². The average Bonchev–Trinajstić information content (AvgIpc) is 1.85. The molecule has 0 aromatic heterocycles. The molecule has 0 rings (SSSR count). The topological polar surface area (TPSA) is 63.3 Å². The van der Waals surface area contributed by atoms with E-state index in [9.17, 15) is 4.79 Å². The second-order valence-corrected chi connectivity index (χ2v) is 4.18. The standard InChI is InChI=1S/C9H19NO2/c1-6(2)9(3,4)7(10)5-8(11)12/h6-7H,5,10H2,1-4H3,(H,11,12). The van der Waals surface area contributed by atoms with Gasteiger partial charge in [-0.3, -0.25) is 4.79 Å². The molecule has 0 fully saturated rings. The Kier molecular flexibility index (Phi) is 3.71. The van der Waals surface area contributed by atoms with Crippen molar-refractivity contribution >= 4 is 5.97 Å². The summed E-state index contributed by atoms with van der Waals surface area (Å²) in [5.41, 5.74) is 5.66. The van der Waals surface area contributed by atoms with Gasteiger partial charge in [0.05, 0.1) is 6.42 Å². The fraction of sp³-hybridized carbons (Fsp3) is 0.889. The summed E-state index contributed by atoms with van der Waals surface area (Å²) in [4.78, 5) is 10.4. The van der Waals surface area contributed by atoms with Crippen LogP contribution in [0.3, 0.4) is 0 Å². The Morgan fingerprint density at radius 1 is 1.50 bits per heavy atom. The van der Waals surface area contributed by atoms with E-state index < -0.39 is 5.97 Å². The molecule has 0 aromatic carbocycles. The van der Waals surface area contributed by atoms with Gasteiger partial charge in [-0.15, -0.1) is 0 Å². The van der Waals surface area contributed by atoms with E-state index in [1.807, 2.05) is 13.8 Å². The zero-order valence-electron chi connectivity index (χ0n) is 8.29. The summed E-state index contributed by atoms with van der Waals surface area (Å²) >= 11 is 0. The lowest BCUT2D eigenvalue weighted by Crippen LogP contribution is -2.42. The second kappa shape index (κ2) is 3.90. The number of aliphatic carboxylic acids is 1. The first-order valence-electron chi connectivity index (χ1n) is 4.25. The molecule has 0 aliphatic rings. The fourth-order valence-electron chi connectivity index (χ4n) is 0.879. The Hall–Kier alpha value is -0.570. The highest BCUT2D eigenvalue weighted by Gasteiger charge is 2.31. The van der Waals surface area contributed by atoms with E-state index in [-0.39, 0.29) is 17.9 Å². The molecule has 0 saturated heterocycles. The molecule has 0 aromatic rings. The lowest BCUT2D eigenvalue weighted by atomic mass is 9.74. The smallest absolute Gasteiger partial charge is 0.304 e. The van der Waals surface area contributed by atoms with Crippen LogP contribution in [0.5, 0.6) is 0 Å². The van der Waals surface area contributed by atoms with Gasteiger partial charge in [-0.1, -0.05) is 27.7 Å². The minimum Gasteiger partial charge on any atom is -0.481 e. The van der Waals surface area contributed by atoms with Crippen molar-refractivity contribution in [3.8, 4) is 0 Å². The molecule has 3 heteroatoms. The van der Waals surface area contributed by atoms with Crippen molar-refractivity contribution in [2.24, 2.45) is 17.1 Å². The van der Waals surface area contributed by atoms with Crippen LogP contribution in [0.1, 0.15) is 34.1 Å². The molecular weight excluding hydrogens is 154 g/mol. The predicted molar refractivity (Wildman–Crippen MR) is 48.8 cm³/mol. The van der Waals surface area contributed by atoms with Crippen molar-refractivity contribution in [3.05, 3.63) is 0 Å². The van der Waals surface area contributed by atoms with Gasteiger partial charge in [0.15, 0.2) is 0 Å². The molecule has 1 unspecified atom stereocenters. The highest BCUT2D eigenvalue weighted by Crippen LogP contribution is 2.30. The van der Waals surface area contributed by atoms with Crippen molar-refractivity contribution < 1.29 is 9.90 Å². The lowest BCUT2D eigenvalue weighted by Gasteiger charge is -2.34. The highest BCUT2D eigenvalue weighted by atomic mass is 16.4. The van der Waals surface area contributed by atoms with Gasteiger partial charge in [0.1, 0.15) is 0 Å². The number of carbonyl (C=O) groups is 1. The molecule has 3 nitrogen and oxygen atoms in total. The van der Waals surface area contributed by atoms with Crippen LogP contribution in [-0.2, 0) is 4.79 Å². The Bertz CT molecular complexity index is 164. The van der Waals surface area contributed by atoms with E-state index in [1.165, 1.54) is 0 Å². The Balaban J connectivity index is 4.24. The number of hydrogen-bond acceptors (Lipinski definition) is 2. The predicted octanol–water partition coefficient (Wildman–Crippen LogP) is 1.47. The molecule has 0 spiro atoms. The van der Waals surface area contributed by atoms with Crippen LogP contribution >= 0.6 is 0 Å². The molecule has 12 heavy (non-hydrogen) atoms. The van der Waals surface area contributed by atoms with Crippen LogP contribution in [0, 0.1) is 11.3 Å². The first-order valence-corrected chi connectivity index (χ1v) is 4.25. The molecule has 1 atom stereocenters. The zero-order chi connectivity index (χ0) is 9.94. The van der Waals surface area contributed by atoms with Crippen molar-refractivity contribution in [1.82, 2.24) is 0 Å². The number of carboxylic acids is 1. The summed E-state index contributed by atoms with van der Waals surface area (Å²) in [6.45, 7) is 8.12. The van der Waals surface area contributed by atoms with E-state index in [0.717, 1.165) is 0 Å². The molecule has 0 aliphatic carbocycles. The second-order valence-electron chi connectivity index (χ2n) is 4.18. The van der Waals surface area contributed by atoms with Crippen molar-refractivity contribution in [2.75, 3.05) is 0 Å². The van der Waals surface area contributed by atoms with E-state index in [1.54, 1.807) is 0 Å². The SMILES string of the molecule is CC(C)C(C)(C)C(N)CC(=O)O. The number of nitrogens with two attached hydrogens (primary N) is 1. The molecule has 0 aliphatic heterocycles. The molecule has 0 saturated carbocycles. The maximum atomic E-state index is 10.4. The van der Waals surface area contributed by atoms with Crippen molar-refractivity contribution in [2.45, 2.75) is 40.2 Å². The highest BCUT2D eigenvalue weighted by molar-refractivity contribution is 5.67. The van der Waals surface area contributed by atoms with Crippen LogP contribution in [0.2, 0.25) is 0 Å². The Morgan fingerprint density at radius 2 is 1.92 bits per heavy atom. The largest absolute Gasteiger partial charge is 0.481 e. The monoisotopic (exact) mass is 173 g/mol. The summed E-state index contributed by atoms with van der Waals surface area (Å²) in [7, 11) is 0. The number of rotatable bonds is 4. The van der Waals surface area contributed by atoms with Gasteiger partial charge in [0.25, 0.3) is 0 Å². The molecule has 72 valence electrons. The zero-order valence-corrected chi connectivity index (χ0v) is 8.29. The molecule has 0 heterocycles. The number of carboxylic acid groups (broad SMARTS) is 1. The van der Waals surface area contributed by atoms with E-state index in [2.05, 4.69) is 13.8 Å². The molecule has 3 N–H and O–H groups in total. The maximum Gasteiger partial charge on any atom is 0.304 e. The van der Waals surface area contributed by atoms with Gasteiger partial charge in [-0.25, -0.2) is 0 Å². The summed E-state index contributed by atoms with van der Waals surface area (Å²) in [6, 6.07) is -0.269. The van der Waals surface area contributed by atoms with Crippen molar-refractivity contribution in [3.63, 3.8) is 0 Å². The van der Waals surface area contributed by atoms with Crippen LogP contribution < -0.4 is 5.73 Å². The number of hydrogen-bond donors (Lipinski definition) is 2. The maximum absolute atomic E-state index is 10.4. The fourth-order valence-corrected chi connectivity index (χ4v) is 0.879. The minimum atomic E-state index is -0.823. The van der Waals surface area contributed by atoms with Crippen LogP contribution in [0.25, 0.3) is 0 Å². The van der Waals surface area contributed by atoms with Crippen molar-refractivity contribution in [1.29, 1.82) is 0 Å². The van der Waals surface area contributed by atoms with Gasteiger partial charge in [-0.2, -0.15) is 0 Å². The van der Waals surface area contributed by atoms with Crippen LogP contribution in [0.4, 0.5) is 0 Å². The average molecular weight is 173 g/mol. The van der Waals surface area contributed by atoms with E-state index in [4.69, 9.17) is 10.8 Å². The summed E-state index contributed by atoms with van der Waals surface area (Å²) < 4.78 is 0. The third-order valence-corrected chi connectivity index (χ3v) is 2.84. The third kappa shape index (κ3) is 2.81. The van der Waals surface area contributed by atoms with Gasteiger partial charge in [0.2, 0.25) is 0 Å². The third-order valence-electron chi connectivity index (χ3n) is 2.84. The van der Waals surface area contributed by atoms with Crippen LogP contribution in [0.15, 0.2) is 0 Å². The quantitative estimate of drug-likeness (QED) is 0.676. The molecule has 0 radical (unpaired) electrons. The normalized spacial score (nSPS) is 14.8. The molecule has 0 bridgehead atoms. The van der Waals surface area contributed by atoms with Gasteiger partial charge in [-0.05, 0) is 11.3 Å². The Morgan fingerprint density at radius 3 is 2.17 bits per heavy atom. The summed E-state index contributed by atoms with van der Waals surface area (Å²) in [5.74, 6) is -0.428. The van der Waals surface area contributed by atoms with Gasteiger partial charge >= 0.3 is 5.97 Å². The first kappa shape index (κ1) is 11.4. The van der Waals surface area contributed by atoms with E-state index in [0.29, 0.717) is 5.92 Å². The lowest BCUT2D eigenvalue weighted by molar-refractivity contribution is -0.138. The van der Waals surface area contributed by atoms with Gasteiger partial charge < -0.3 is 10.8 Å². The van der Waals surface area contributed by atoms with Gasteiger partial charge in [0, 0.05) is 6.04 Å². The first-order chi connectivity index (χ1) is 5.28. The molecule has 0 amide bonds. The summed E-state index contributed by atoms with van der Waals surface area (Å²) in [6.07, 6.45) is 0.0468. The Labute approximate surface area is 74.0 Å².